The Kier molecular flexibility index (Phi) is 6.86. The van der Waals surface area contributed by atoms with E-state index < -0.39 is 0 Å². The molecule has 1 saturated heterocycles. The number of hydrogen-bond acceptors (Lipinski definition) is 5. The number of carbonyl (C=O) groups excluding carboxylic acids is 1. The lowest BCUT2D eigenvalue weighted by atomic mass is 10.3. The van der Waals surface area contributed by atoms with E-state index in [1.807, 2.05) is 61.5 Å². The van der Waals surface area contributed by atoms with Gasteiger partial charge in [0.05, 0.1) is 11.8 Å². The Labute approximate surface area is 189 Å². The van der Waals surface area contributed by atoms with Gasteiger partial charge in [0, 0.05) is 15.8 Å². The second-order valence-corrected chi connectivity index (χ2v) is 9.53. The Bertz CT molecular complexity index is 987. The highest BCUT2D eigenvalue weighted by Crippen LogP contribution is 2.27. The van der Waals surface area contributed by atoms with Crippen molar-refractivity contribution in [3.63, 3.8) is 0 Å². The van der Waals surface area contributed by atoms with Gasteiger partial charge in [-0.15, -0.1) is 10.2 Å². The number of benzene rings is 2. The van der Waals surface area contributed by atoms with Gasteiger partial charge in [-0.1, -0.05) is 45.9 Å². The summed E-state index contributed by atoms with van der Waals surface area (Å²) < 4.78 is 3.05. The predicted molar refractivity (Wildman–Crippen MR) is 124 cm³/mol. The van der Waals surface area contributed by atoms with Crippen LogP contribution in [0.3, 0.4) is 0 Å². The van der Waals surface area contributed by atoms with Crippen LogP contribution < -0.4 is 5.32 Å². The summed E-state index contributed by atoms with van der Waals surface area (Å²) in [6, 6.07) is 17.7. The Balaban J connectivity index is 1.53. The molecule has 30 heavy (non-hydrogen) atoms. The first-order chi connectivity index (χ1) is 14.6. The molecule has 1 amide bonds. The molecule has 2 heterocycles. The molecular weight excluding hydrogens is 462 g/mol. The summed E-state index contributed by atoms with van der Waals surface area (Å²) in [6.07, 6.45) is 2.46. The fraction of sp³-hybridized carbons (Fsp3) is 0.318. The maximum absolute atomic E-state index is 12.7. The molecule has 1 fully saturated rings. The Morgan fingerprint density at radius 2 is 1.80 bits per heavy atom. The number of carbonyl (C=O) groups is 1. The van der Waals surface area contributed by atoms with Gasteiger partial charge in [0.1, 0.15) is 0 Å². The van der Waals surface area contributed by atoms with Crippen LogP contribution in [0.4, 0.5) is 5.69 Å². The minimum atomic E-state index is -0.319. The number of likely N-dealkylation sites (tertiary alicyclic amines) is 1. The minimum absolute atomic E-state index is 0.0639. The third-order valence-corrected chi connectivity index (χ3v) is 6.61. The van der Waals surface area contributed by atoms with Crippen molar-refractivity contribution in [2.45, 2.75) is 36.7 Å². The highest BCUT2D eigenvalue weighted by atomic mass is 79.9. The van der Waals surface area contributed by atoms with Crippen molar-refractivity contribution in [1.29, 1.82) is 0 Å². The molecule has 0 bridgehead atoms. The van der Waals surface area contributed by atoms with Crippen molar-refractivity contribution in [3.05, 3.63) is 64.9 Å². The molecule has 3 aromatic rings. The normalized spacial score (nSPS) is 15.3. The number of aromatic nitrogens is 3. The van der Waals surface area contributed by atoms with Gasteiger partial charge in [-0.2, -0.15) is 0 Å². The van der Waals surface area contributed by atoms with E-state index in [1.165, 1.54) is 24.6 Å². The number of nitrogens with one attached hydrogen (secondary N) is 1. The molecule has 1 unspecified atom stereocenters. The molecule has 0 aliphatic carbocycles. The lowest BCUT2D eigenvalue weighted by Gasteiger charge is -2.17. The monoisotopic (exact) mass is 485 g/mol. The van der Waals surface area contributed by atoms with Gasteiger partial charge in [0.25, 0.3) is 0 Å². The molecule has 4 rings (SSSR count). The quantitative estimate of drug-likeness (QED) is 0.489. The number of nitrogens with zero attached hydrogens (tertiary/aromatic N) is 4. The second kappa shape index (κ2) is 9.76. The van der Waals surface area contributed by atoms with Crippen molar-refractivity contribution in [2.24, 2.45) is 0 Å². The van der Waals surface area contributed by atoms with E-state index in [4.69, 9.17) is 0 Å². The predicted octanol–water partition coefficient (Wildman–Crippen LogP) is 4.74. The lowest BCUT2D eigenvalue weighted by Crippen LogP contribution is -2.23. The summed E-state index contributed by atoms with van der Waals surface area (Å²) in [4.78, 5) is 15.1. The summed E-state index contributed by atoms with van der Waals surface area (Å²) in [6.45, 7) is 4.84. The molecule has 1 atom stereocenters. The van der Waals surface area contributed by atoms with E-state index in [-0.39, 0.29) is 11.2 Å². The average Bonchev–Trinajstić information content (AvgIpc) is 3.41. The number of thioether (sulfide) groups is 1. The van der Waals surface area contributed by atoms with Gasteiger partial charge < -0.3 is 5.32 Å². The maximum atomic E-state index is 12.7. The first kappa shape index (κ1) is 21.1. The fourth-order valence-corrected chi connectivity index (χ4v) is 4.60. The number of para-hydroxylation sites is 1. The molecule has 0 radical (unpaired) electrons. The van der Waals surface area contributed by atoms with Crippen LogP contribution in [0.5, 0.6) is 0 Å². The molecule has 156 valence electrons. The van der Waals surface area contributed by atoms with Gasteiger partial charge in [-0.3, -0.25) is 14.3 Å². The van der Waals surface area contributed by atoms with Crippen LogP contribution in [0, 0.1) is 0 Å². The minimum Gasteiger partial charge on any atom is -0.325 e. The Morgan fingerprint density at radius 3 is 2.50 bits per heavy atom. The molecule has 0 spiro atoms. The van der Waals surface area contributed by atoms with E-state index in [2.05, 4.69) is 40.9 Å². The van der Waals surface area contributed by atoms with Crippen molar-refractivity contribution in [3.8, 4) is 5.69 Å². The lowest BCUT2D eigenvalue weighted by molar-refractivity contribution is -0.115. The molecule has 8 heteroatoms. The first-order valence-corrected chi connectivity index (χ1v) is 11.7. The van der Waals surface area contributed by atoms with Crippen LogP contribution in [0.15, 0.2) is 64.2 Å². The molecule has 1 N–H and O–H groups in total. The van der Waals surface area contributed by atoms with Crippen LogP contribution in [0.1, 0.15) is 25.6 Å². The average molecular weight is 486 g/mol. The summed E-state index contributed by atoms with van der Waals surface area (Å²) in [5, 5.41) is 12.3. The van der Waals surface area contributed by atoms with Crippen molar-refractivity contribution < 1.29 is 4.79 Å². The number of rotatable bonds is 7. The van der Waals surface area contributed by atoms with Crippen molar-refractivity contribution >= 4 is 39.3 Å². The molecule has 6 nitrogen and oxygen atoms in total. The summed E-state index contributed by atoms with van der Waals surface area (Å²) >= 11 is 4.83. The third-order valence-electron chi connectivity index (χ3n) is 5.04. The largest absolute Gasteiger partial charge is 0.325 e. The Morgan fingerprint density at radius 1 is 1.10 bits per heavy atom. The van der Waals surface area contributed by atoms with Crippen LogP contribution in [0.25, 0.3) is 5.69 Å². The van der Waals surface area contributed by atoms with E-state index in [0.717, 1.165) is 46.5 Å². The smallest absolute Gasteiger partial charge is 0.237 e. The van der Waals surface area contributed by atoms with Crippen LogP contribution in [-0.2, 0) is 11.3 Å². The SMILES string of the molecule is CC(Sc1nnc(CN2CCCC2)n1-c1ccccc1)C(=O)Nc1ccc(Br)cc1. The standard InChI is InChI=1S/C22H24BrN5OS/c1-16(21(29)24-18-11-9-17(23)10-12-18)30-22-26-25-20(15-27-13-5-6-14-27)28(22)19-7-3-2-4-8-19/h2-4,7-12,16H,5-6,13-15H2,1H3,(H,24,29). The van der Waals surface area contributed by atoms with Gasteiger partial charge >= 0.3 is 0 Å². The van der Waals surface area contributed by atoms with Crippen LogP contribution in [0.2, 0.25) is 0 Å². The number of anilines is 1. The van der Waals surface area contributed by atoms with Gasteiger partial charge in [-0.25, -0.2) is 0 Å². The zero-order valence-corrected chi connectivity index (χ0v) is 19.2. The summed E-state index contributed by atoms with van der Waals surface area (Å²) in [5.41, 5.74) is 1.79. The van der Waals surface area contributed by atoms with Gasteiger partial charge in [-0.05, 0) is 69.3 Å². The van der Waals surface area contributed by atoms with Crippen molar-refractivity contribution in [2.75, 3.05) is 18.4 Å². The molecule has 1 aromatic heterocycles. The number of amides is 1. The second-order valence-electron chi connectivity index (χ2n) is 7.31. The van der Waals surface area contributed by atoms with Crippen LogP contribution >= 0.6 is 27.7 Å². The highest BCUT2D eigenvalue weighted by molar-refractivity contribution is 9.10. The Hall–Kier alpha value is -2.16. The zero-order chi connectivity index (χ0) is 20.9. The van der Waals surface area contributed by atoms with Crippen LogP contribution in [-0.4, -0.2) is 43.9 Å². The van der Waals surface area contributed by atoms with Gasteiger partial charge in [0.15, 0.2) is 11.0 Å². The first-order valence-electron chi connectivity index (χ1n) is 10.1. The molecule has 1 aliphatic heterocycles. The topological polar surface area (TPSA) is 63.1 Å². The molecule has 2 aromatic carbocycles. The molecule has 0 saturated carbocycles. The highest BCUT2D eigenvalue weighted by Gasteiger charge is 2.23. The van der Waals surface area contributed by atoms with E-state index in [9.17, 15) is 4.79 Å². The maximum Gasteiger partial charge on any atom is 0.237 e. The van der Waals surface area contributed by atoms with E-state index >= 15 is 0 Å². The summed E-state index contributed by atoms with van der Waals surface area (Å²) in [5.74, 6) is 0.845. The van der Waals surface area contributed by atoms with E-state index in [0.29, 0.717) is 0 Å². The molecule has 1 aliphatic rings. The van der Waals surface area contributed by atoms with Gasteiger partial charge in [0.2, 0.25) is 5.91 Å². The van der Waals surface area contributed by atoms with E-state index in [1.54, 1.807) is 0 Å². The van der Waals surface area contributed by atoms with Crippen molar-refractivity contribution in [1.82, 2.24) is 19.7 Å². The fourth-order valence-electron chi connectivity index (χ4n) is 3.44. The number of hydrogen-bond donors (Lipinski definition) is 1. The molecular formula is C22H24BrN5OS. The zero-order valence-electron chi connectivity index (χ0n) is 16.8. The summed E-state index contributed by atoms with van der Waals surface area (Å²) in [7, 11) is 0. The number of halogens is 1. The third kappa shape index (κ3) is 5.11.